The van der Waals surface area contributed by atoms with Gasteiger partial charge in [-0.1, -0.05) is 0 Å². The number of aliphatic imine (C=N–C) groups is 1. The molecule has 1 aromatic heterocycles. The van der Waals surface area contributed by atoms with Crippen LogP contribution in [0.25, 0.3) is 0 Å². The van der Waals surface area contributed by atoms with E-state index in [9.17, 15) is 8.42 Å². The zero-order chi connectivity index (χ0) is 19.7. The standard InChI is InChI=1S/C17H31N5O3S2/c1-4-18-17(20-12-16-22-13(2)14(3)26-16)19-8-10-27(23,24)21-11-15-7-5-6-9-25-15/h15,21H,4-12H2,1-3H3,(H2,18,19,20). The highest BCUT2D eigenvalue weighted by Crippen LogP contribution is 2.16. The molecule has 2 heterocycles. The highest BCUT2D eigenvalue weighted by Gasteiger charge is 2.17. The van der Waals surface area contributed by atoms with Crippen LogP contribution in [0.1, 0.15) is 41.8 Å². The summed E-state index contributed by atoms with van der Waals surface area (Å²) in [6, 6.07) is 0. The summed E-state index contributed by atoms with van der Waals surface area (Å²) >= 11 is 1.63. The summed E-state index contributed by atoms with van der Waals surface area (Å²) in [6.45, 7) is 8.51. The van der Waals surface area contributed by atoms with E-state index in [4.69, 9.17) is 4.74 Å². The van der Waals surface area contributed by atoms with Gasteiger partial charge in [-0.2, -0.15) is 0 Å². The van der Waals surface area contributed by atoms with Gasteiger partial charge in [0, 0.05) is 31.1 Å². The van der Waals surface area contributed by atoms with Gasteiger partial charge in [-0.05, 0) is 40.0 Å². The molecule has 1 fully saturated rings. The molecule has 27 heavy (non-hydrogen) atoms. The third kappa shape index (κ3) is 8.12. The van der Waals surface area contributed by atoms with Crippen LogP contribution in [0.5, 0.6) is 0 Å². The minimum Gasteiger partial charge on any atom is -0.377 e. The molecular formula is C17H31N5O3S2. The predicted molar refractivity (Wildman–Crippen MR) is 110 cm³/mol. The topological polar surface area (TPSA) is 105 Å². The predicted octanol–water partition coefficient (Wildman–Crippen LogP) is 1.30. The molecule has 8 nitrogen and oxygen atoms in total. The van der Waals surface area contributed by atoms with E-state index >= 15 is 0 Å². The van der Waals surface area contributed by atoms with Crippen molar-refractivity contribution in [1.82, 2.24) is 20.3 Å². The van der Waals surface area contributed by atoms with Gasteiger partial charge in [0.25, 0.3) is 0 Å². The highest BCUT2D eigenvalue weighted by molar-refractivity contribution is 7.89. The number of guanidine groups is 1. The van der Waals surface area contributed by atoms with Crippen LogP contribution in [0, 0.1) is 13.8 Å². The molecule has 0 spiro atoms. The largest absolute Gasteiger partial charge is 0.377 e. The van der Waals surface area contributed by atoms with Crippen molar-refractivity contribution in [3.05, 3.63) is 15.6 Å². The summed E-state index contributed by atoms with van der Waals surface area (Å²) in [7, 11) is -3.35. The maximum absolute atomic E-state index is 12.2. The molecule has 1 aromatic rings. The SMILES string of the molecule is CCNC(=NCc1nc(C)c(C)s1)NCCS(=O)(=O)NCC1CCCCO1. The van der Waals surface area contributed by atoms with E-state index in [1.165, 1.54) is 4.88 Å². The van der Waals surface area contributed by atoms with Gasteiger partial charge in [-0.3, -0.25) is 0 Å². The van der Waals surface area contributed by atoms with Crippen LogP contribution < -0.4 is 15.4 Å². The van der Waals surface area contributed by atoms with Crippen LogP contribution >= 0.6 is 11.3 Å². The molecular weight excluding hydrogens is 386 g/mol. The molecule has 1 saturated heterocycles. The van der Waals surface area contributed by atoms with Crippen molar-refractivity contribution < 1.29 is 13.2 Å². The Kier molecular flexibility index (Phi) is 8.94. The van der Waals surface area contributed by atoms with E-state index in [2.05, 4.69) is 25.3 Å². The van der Waals surface area contributed by atoms with Gasteiger partial charge < -0.3 is 15.4 Å². The molecule has 1 aliphatic heterocycles. The average molecular weight is 418 g/mol. The van der Waals surface area contributed by atoms with Crippen LogP contribution in [-0.4, -0.2) is 57.5 Å². The van der Waals surface area contributed by atoms with Crippen molar-refractivity contribution in [3.8, 4) is 0 Å². The Morgan fingerprint density at radius 2 is 2.15 bits per heavy atom. The average Bonchev–Trinajstić information content (AvgIpc) is 2.97. The molecule has 0 radical (unpaired) electrons. The molecule has 1 atom stereocenters. The molecule has 0 amide bonds. The van der Waals surface area contributed by atoms with Gasteiger partial charge in [0.05, 0.1) is 24.1 Å². The van der Waals surface area contributed by atoms with E-state index in [-0.39, 0.29) is 18.4 Å². The van der Waals surface area contributed by atoms with Crippen molar-refractivity contribution >= 4 is 27.3 Å². The van der Waals surface area contributed by atoms with E-state index in [0.717, 1.165) is 30.0 Å². The van der Waals surface area contributed by atoms with E-state index in [0.29, 0.717) is 32.2 Å². The van der Waals surface area contributed by atoms with Crippen molar-refractivity contribution in [3.63, 3.8) is 0 Å². The van der Waals surface area contributed by atoms with Crippen LogP contribution in [-0.2, 0) is 21.3 Å². The summed E-state index contributed by atoms with van der Waals surface area (Å²) in [5, 5.41) is 7.14. The maximum atomic E-state index is 12.2. The summed E-state index contributed by atoms with van der Waals surface area (Å²) in [5.41, 5.74) is 1.03. The van der Waals surface area contributed by atoms with Crippen molar-refractivity contribution in [1.29, 1.82) is 0 Å². The van der Waals surface area contributed by atoms with Gasteiger partial charge in [-0.15, -0.1) is 11.3 Å². The van der Waals surface area contributed by atoms with Crippen LogP contribution in [0.4, 0.5) is 0 Å². The fourth-order valence-electron chi connectivity index (χ4n) is 2.66. The molecule has 0 saturated carbocycles. The molecule has 1 unspecified atom stereocenters. The Labute approximate surface area is 166 Å². The Morgan fingerprint density at radius 3 is 2.78 bits per heavy atom. The molecule has 0 aromatic carbocycles. The van der Waals surface area contributed by atoms with E-state index in [1.54, 1.807) is 11.3 Å². The van der Waals surface area contributed by atoms with Crippen LogP contribution in [0.2, 0.25) is 0 Å². The normalized spacial score (nSPS) is 18.5. The van der Waals surface area contributed by atoms with Gasteiger partial charge in [-0.25, -0.2) is 23.1 Å². The molecule has 154 valence electrons. The van der Waals surface area contributed by atoms with E-state index in [1.807, 2.05) is 20.8 Å². The number of ether oxygens (including phenoxy) is 1. The lowest BCUT2D eigenvalue weighted by Gasteiger charge is -2.22. The minimum atomic E-state index is -3.35. The maximum Gasteiger partial charge on any atom is 0.213 e. The number of rotatable bonds is 9. The number of aryl methyl sites for hydroxylation is 2. The first-order valence-electron chi connectivity index (χ1n) is 9.43. The number of sulfonamides is 1. The lowest BCUT2D eigenvalue weighted by Crippen LogP contribution is -2.42. The first-order chi connectivity index (χ1) is 12.9. The summed E-state index contributed by atoms with van der Waals surface area (Å²) in [4.78, 5) is 10.1. The number of hydrogen-bond acceptors (Lipinski definition) is 6. The van der Waals surface area contributed by atoms with Crippen LogP contribution in [0.3, 0.4) is 0 Å². The monoisotopic (exact) mass is 417 g/mol. The molecule has 2 rings (SSSR count). The quantitative estimate of drug-likeness (QED) is 0.413. The third-order valence-corrected chi connectivity index (χ3v) is 6.66. The number of nitrogens with one attached hydrogen (secondary N) is 3. The lowest BCUT2D eigenvalue weighted by atomic mass is 10.1. The number of nitrogens with zero attached hydrogens (tertiary/aromatic N) is 2. The number of hydrogen-bond donors (Lipinski definition) is 3. The lowest BCUT2D eigenvalue weighted by molar-refractivity contribution is 0.0200. The van der Waals surface area contributed by atoms with Crippen LogP contribution in [0.15, 0.2) is 4.99 Å². The molecule has 0 aliphatic carbocycles. The Morgan fingerprint density at radius 1 is 1.33 bits per heavy atom. The molecule has 3 N–H and O–H groups in total. The van der Waals surface area contributed by atoms with Gasteiger partial charge in [0.1, 0.15) is 5.01 Å². The first kappa shape index (κ1) is 22.1. The van der Waals surface area contributed by atoms with Crippen molar-refractivity contribution in [2.24, 2.45) is 4.99 Å². The molecule has 0 bridgehead atoms. The third-order valence-electron chi connectivity index (χ3n) is 4.26. The fourth-order valence-corrected chi connectivity index (χ4v) is 4.47. The first-order valence-corrected chi connectivity index (χ1v) is 11.9. The van der Waals surface area contributed by atoms with Gasteiger partial charge in [0.2, 0.25) is 10.0 Å². The minimum absolute atomic E-state index is 0.00873. The van der Waals surface area contributed by atoms with Gasteiger partial charge in [0.15, 0.2) is 5.96 Å². The van der Waals surface area contributed by atoms with Gasteiger partial charge >= 0.3 is 0 Å². The zero-order valence-electron chi connectivity index (χ0n) is 16.4. The second-order valence-electron chi connectivity index (χ2n) is 6.53. The highest BCUT2D eigenvalue weighted by atomic mass is 32.2. The smallest absolute Gasteiger partial charge is 0.213 e. The number of thiazole rings is 1. The Hall–Kier alpha value is -1.23. The van der Waals surface area contributed by atoms with Crippen molar-refractivity contribution in [2.45, 2.75) is 52.7 Å². The Bertz CT molecular complexity index is 693. The summed E-state index contributed by atoms with van der Waals surface area (Å²) < 4.78 is 32.5. The molecule has 1 aliphatic rings. The molecule has 10 heteroatoms. The summed E-state index contributed by atoms with van der Waals surface area (Å²) in [6.07, 6.45) is 3.05. The second-order valence-corrected chi connectivity index (χ2v) is 9.74. The zero-order valence-corrected chi connectivity index (χ0v) is 18.0. The van der Waals surface area contributed by atoms with Crippen molar-refractivity contribution in [2.75, 3.05) is 32.0 Å². The van der Waals surface area contributed by atoms with E-state index < -0.39 is 10.0 Å². The fraction of sp³-hybridized carbons (Fsp3) is 0.765. The number of aromatic nitrogens is 1. The second kappa shape index (κ2) is 10.9. The summed E-state index contributed by atoms with van der Waals surface area (Å²) in [5.74, 6) is 0.577. The Balaban J connectivity index is 1.77.